The van der Waals surface area contributed by atoms with Gasteiger partial charge in [-0.05, 0) is 34.6 Å². The number of nitrogens with one attached hydrogen (secondary N) is 1. The summed E-state index contributed by atoms with van der Waals surface area (Å²) in [5.41, 5.74) is 0.849. The highest BCUT2D eigenvalue weighted by molar-refractivity contribution is 7.09. The Bertz CT molecular complexity index is 338. The van der Waals surface area contributed by atoms with Crippen LogP contribution in [0.5, 0.6) is 0 Å². The lowest BCUT2D eigenvalue weighted by Gasteiger charge is -2.35. The maximum absolute atomic E-state index is 5.48. The zero-order valence-corrected chi connectivity index (χ0v) is 11.8. The minimum absolute atomic E-state index is 0.0837. The van der Waals surface area contributed by atoms with E-state index in [-0.39, 0.29) is 11.6 Å². The van der Waals surface area contributed by atoms with Gasteiger partial charge in [0.25, 0.3) is 0 Å². The van der Waals surface area contributed by atoms with Crippen molar-refractivity contribution in [2.45, 2.75) is 52.3 Å². The summed E-state index contributed by atoms with van der Waals surface area (Å²) in [6.07, 6.45) is 0.0837. The van der Waals surface area contributed by atoms with Crippen molar-refractivity contribution in [3.05, 3.63) is 16.1 Å². The second-order valence-electron chi connectivity index (χ2n) is 4.67. The lowest BCUT2D eigenvalue weighted by atomic mass is 9.95. The monoisotopic (exact) mass is 242 g/mol. The molecule has 0 amide bonds. The third-order valence-electron chi connectivity index (χ3n) is 2.82. The van der Waals surface area contributed by atoms with Crippen molar-refractivity contribution < 1.29 is 4.74 Å². The molecule has 0 bridgehead atoms. The van der Waals surface area contributed by atoms with Crippen molar-refractivity contribution in [1.82, 2.24) is 10.3 Å². The summed E-state index contributed by atoms with van der Waals surface area (Å²) < 4.78 is 5.48. The smallest absolute Gasteiger partial charge is 0.115 e. The topological polar surface area (TPSA) is 34.1 Å². The molecule has 1 aromatic heterocycles. The fourth-order valence-corrected chi connectivity index (χ4v) is 2.78. The van der Waals surface area contributed by atoms with Crippen LogP contribution in [0, 0.1) is 6.92 Å². The fourth-order valence-electron chi connectivity index (χ4n) is 1.78. The molecule has 1 rings (SSSR count). The number of ether oxygens (including phenoxy) is 1. The molecule has 1 heterocycles. The Morgan fingerprint density at radius 1 is 1.44 bits per heavy atom. The molecule has 3 nitrogen and oxygen atoms in total. The van der Waals surface area contributed by atoms with Gasteiger partial charge in [-0.3, -0.25) is 0 Å². The first kappa shape index (κ1) is 13.6. The molecule has 16 heavy (non-hydrogen) atoms. The molecule has 0 radical (unpaired) electrons. The molecule has 0 aliphatic carbocycles. The Kier molecular flexibility index (Phi) is 4.47. The standard InChI is InChI=1S/C12H22N2OS/c1-8(2)14-12(5,10(4)15-6)11-13-9(3)7-16-11/h7-8,10,14H,1-6H3. The van der Waals surface area contributed by atoms with Gasteiger partial charge in [-0.2, -0.15) is 0 Å². The van der Waals surface area contributed by atoms with E-state index >= 15 is 0 Å². The van der Waals surface area contributed by atoms with Gasteiger partial charge in [-0.1, -0.05) is 0 Å². The van der Waals surface area contributed by atoms with E-state index in [0.717, 1.165) is 10.7 Å². The molecule has 4 heteroatoms. The zero-order valence-electron chi connectivity index (χ0n) is 11.0. The quantitative estimate of drug-likeness (QED) is 0.862. The lowest BCUT2D eigenvalue weighted by Crippen LogP contribution is -2.51. The van der Waals surface area contributed by atoms with Crippen LogP contribution in [-0.4, -0.2) is 24.2 Å². The zero-order chi connectivity index (χ0) is 12.3. The van der Waals surface area contributed by atoms with Crippen molar-refractivity contribution in [3.8, 4) is 0 Å². The van der Waals surface area contributed by atoms with Gasteiger partial charge in [-0.15, -0.1) is 11.3 Å². The highest BCUT2D eigenvalue weighted by Crippen LogP contribution is 2.29. The minimum Gasteiger partial charge on any atom is -0.379 e. The van der Waals surface area contributed by atoms with E-state index in [0.29, 0.717) is 6.04 Å². The average molecular weight is 242 g/mol. The molecule has 0 aliphatic rings. The van der Waals surface area contributed by atoms with E-state index < -0.39 is 0 Å². The summed E-state index contributed by atoms with van der Waals surface area (Å²) in [6.45, 7) is 10.5. The second-order valence-corrected chi connectivity index (χ2v) is 5.53. The SMILES string of the molecule is COC(C)C(C)(NC(C)C)c1nc(C)cs1. The molecule has 1 aromatic rings. The number of nitrogens with zero attached hydrogens (tertiary/aromatic N) is 1. The van der Waals surface area contributed by atoms with Crippen LogP contribution in [-0.2, 0) is 10.3 Å². The van der Waals surface area contributed by atoms with Crippen molar-refractivity contribution in [1.29, 1.82) is 0 Å². The van der Waals surface area contributed by atoms with Crippen LogP contribution < -0.4 is 5.32 Å². The summed E-state index contributed by atoms with van der Waals surface area (Å²) in [7, 11) is 1.74. The Morgan fingerprint density at radius 3 is 2.44 bits per heavy atom. The normalized spacial score (nSPS) is 17.4. The van der Waals surface area contributed by atoms with Gasteiger partial charge in [0, 0.05) is 24.2 Å². The summed E-state index contributed by atoms with van der Waals surface area (Å²) in [5.74, 6) is 0. The first-order chi connectivity index (χ1) is 7.40. The molecule has 0 saturated heterocycles. The summed E-state index contributed by atoms with van der Waals surface area (Å²) >= 11 is 1.69. The van der Waals surface area contributed by atoms with Gasteiger partial charge >= 0.3 is 0 Å². The number of rotatable bonds is 5. The molecular formula is C12H22N2OS. The summed E-state index contributed by atoms with van der Waals surface area (Å²) in [6, 6.07) is 0.395. The van der Waals surface area contributed by atoms with Crippen molar-refractivity contribution in [3.63, 3.8) is 0 Å². The summed E-state index contributed by atoms with van der Waals surface area (Å²) in [4.78, 5) is 4.58. The van der Waals surface area contributed by atoms with Gasteiger partial charge in [-0.25, -0.2) is 4.98 Å². The molecule has 2 unspecified atom stereocenters. The van der Waals surface area contributed by atoms with Gasteiger partial charge in [0.05, 0.1) is 11.6 Å². The first-order valence-electron chi connectivity index (χ1n) is 5.63. The molecular weight excluding hydrogens is 220 g/mol. The van der Waals surface area contributed by atoms with Gasteiger partial charge in [0.1, 0.15) is 5.01 Å². The summed E-state index contributed by atoms with van der Waals surface area (Å²) in [5, 5.41) is 6.73. The van der Waals surface area contributed by atoms with E-state index in [4.69, 9.17) is 4.74 Å². The predicted molar refractivity (Wildman–Crippen MR) is 68.9 cm³/mol. The number of aromatic nitrogens is 1. The van der Waals surface area contributed by atoms with E-state index in [1.54, 1.807) is 18.4 Å². The molecule has 0 aromatic carbocycles. The molecule has 1 N–H and O–H groups in total. The van der Waals surface area contributed by atoms with Gasteiger partial charge < -0.3 is 10.1 Å². The molecule has 0 aliphatic heterocycles. The Hall–Kier alpha value is -0.450. The Labute approximate surface area is 102 Å². The highest BCUT2D eigenvalue weighted by Gasteiger charge is 2.36. The van der Waals surface area contributed by atoms with Gasteiger partial charge in [0.15, 0.2) is 0 Å². The maximum Gasteiger partial charge on any atom is 0.115 e. The van der Waals surface area contributed by atoms with Crippen molar-refractivity contribution in [2.24, 2.45) is 0 Å². The fraction of sp³-hybridized carbons (Fsp3) is 0.750. The van der Waals surface area contributed by atoms with Crippen LogP contribution in [0.3, 0.4) is 0 Å². The van der Waals surface area contributed by atoms with Crippen LogP contribution in [0.15, 0.2) is 5.38 Å². The van der Waals surface area contributed by atoms with Crippen molar-refractivity contribution >= 4 is 11.3 Å². The van der Waals surface area contributed by atoms with E-state index in [9.17, 15) is 0 Å². The van der Waals surface area contributed by atoms with E-state index in [2.05, 4.69) is 43.4 Å². The number of thiazole rings is 1. The Morgan fingerprint density at radius 2 is 2.06 bits per heavy atom. The molecule has 0 saturated carbocycles. The number of hydrogen-bond donors (Lipinski definition) is 1. The Balaban J connectivity index is 3.03. The third kappa shape index (κ3) is 2.81. The van der Waals surface area contributed by atoms with Crippen LogP contribution in [0.4, 0.5) is 0 Å². The molecule has 0 spiro atoms. The largest absolute Gasteiger partial charge is 0.379 e. The molecule has 2 atom stereocenters. The second kappa shape index (κ2) is 5.25. The molecule has 92 valence electrons. The predicted octanol–water partition coefficient (Wildman–Crippen LogP) is 2.70. The van der Waals surface area contributed by atoms with E-state index in [1.807, 2.05) is 6.92 Å². The lowest BCUT2D eigenvalue weighted by molar-refractivity contribution is 0.0319. The van der Waals surface area contributed by atoms with Gasteiger partial charge in [0.2, 0.25) is 0 Å². The van der Waals surface area contributed by atoms with Crippen LogP contribution in [0.2, 0.25) is 0 Å². The van der Waals surface area contributed by atoms with Crippen molar-refractivity contribution in [2.75, 3.05) is 7.11 Å². The number of hydrogen-bond acceptors (Lipinski definition) is 4. The minimum atomic E-state index is -0.220. The van der Waals surface area contributed by atoms with Crippen LogP contribution in [0.1, 0.15) is 38.4 Å². The number of aryl methyl sites for hydroxylation is 1. The molecule has 0 fully saturated rings. The van der Waals surface area contributed by atoms with E-state index in [1.165, 1.54) is 0 Å². The number of methoxy groups -OCH3 is 1. The highest BCUT2D eigenvalue weighted by atomic mass is 32.1. The maximum atomic E-state index is 5.48. The van der Waals surface area contributed by atoms with Crippen LogP contribution in [0.25, 0.3) is 0 Å². The van der Waals surface area contributed by atoms with Crippen LogP contribution >= 0.6 is 11.3 Å². The third-order valence-corrected chi connectivity index (χ3v) is 4.02. The average Bonchev–Trinajstić information content (AvgIpc) is 2.62. The first-order valence-corrected chi connectivity index (χ1v) is 6.51.